The van der Waals surface area contributed by atoms with Crippen LogP contribution in [0, 0.1) is 0 Å². The van der Waals surface area contributed by atoms with Gasteiger partial charge in [0, 0.05) is 12.3 Å². The second kappa shape index (κ2) is 6.38. The Morgan fingerprint density at radius 1 is 1.22 bits per heavy atom. The molecule has 2 rings (SSSR count). The summed E-state index contributed by atoms with van der Waals surface area (Å²) in [5, 5.41) is 5.09. The zero-order chi connectivity index (χ0) is 12.3. The lowest BCUT2D eigenvalue weighted by Crippen LogP contribution is -2.11. The molecule has 0 fully saturated rings. The highest BCUT2D eigenvalue weighted by molar-refractivity contribution is 6.02. The maximum Gasteiger partial charge on any atom is 0.221 e. The van der Waals surface area contributed by atoms with Gasteiger partial charge < -0.3 is 11.1 Å². The SMILES string of the molecule is CC(=O)Nc1c(CCN)ccc2ccccc12.Cl. The second-order valence-electron chi connectivity index (χ2n) is 4.04. The van der Waals surface area contributed by atoms with Crippen molar-refractivity contribution in [2.75, 3.05) is 11.9 Å². The fourth-order valence-electron chi connectivity index (χ4n) is 2.00. The first-order chi connectivity index (χ1) is 8.22. The van der Waals surface area contributed by atoms with E-state index in [1.807, 2.05) is 30.3 Å². The summed E-state index contributed by atoms with van der Waals surface area (Å²) in [6.07, 6.45) is 0.764. The maximum atomic E-state index is 11.3. The quantitative estimate of drug-likeness (QED) is 0.896. The number of carbonyl (C=O) groups excluding carboxylic acids is 1. The van der Waals surface area contributed by atoms with Crippen molar-refractivity contribution >= 4 is 34.8 Å². The standard InChI is InChI=1S/C14H16N2O.ClH/c1-10(17)16-14-12(8-9-15)7-6-11-4-2-3-5-13(11)14;/h2-7H,8-9,15H2,1H3,(H,16,17);1H. The molecule has 0 aliphatic carbocycles. The molecular weight excluding hydrogens is 248 g/mol. The molecule has 2 aromatic rings. The Balaban J connectivity index is 0.00000162. The van der Waals surface area contributed by atoms with Crippen LogP contribution in [0.4, 0.5) is 5.69 Å². The molecule has 0 spiro atoms. The third-order valence-electron chi connectivity index (χ3n) is 2.73. The van der Waals surface area contributed by atoms with E-state index in [9.17, 15) is 4.79 Å². The minimum Gasteiger partial charge on any atom is -0.330 e. The van der Waals surface area contributed by atoms with Crippen LogP contribution in [0.3, 0.4) is 0 Å². The Morgan fingerprint density at radius 2 is 1.94 bits per heavy atom. The van der Waals surface area contributed by atoms with Crippen molar-refractivity contribution in [1.82, 2.24) is 0 Å². The summed E-state index contributed by atoms with van der Waals surface area (Å²) in [4.78, 5) is 11.3. The fourth-order valence-corrected chi connectivity index (χ4v) is 2.00. The van der Waals surface area contributed by atoms with Gasteiger partial charge in [-0.3, -0.25) is 4.79 Å². The van der Waals surface area contributed by atoms with Crippen molar-refractivity contribution in [2.45, 2.75) is 13.3 Å². The summed E-state index contributed by atoms with van der Waals surface area (Å²) in [6, 6.07) is 12.1. The molecule has 3 N–H and O–H groups in total. The van der Waals surface area contributed by atoms with Crippen LogP contribution in [0.1, 0.15) is 12.5 Å². The van der Waals surface area contributed by atoms with E-state index < -0.39 is 0 Å². The van der Waals surface area contributed by atoms with E-state index in [1.54, 1.807) is 0 Å². The Kier molecular flexibility index (Phi) is 5.13. The minimum atomic E-state index is -0.0559. The largest absolute Gasteiger partial charge is 0.330 e. The monoisotopic (exact) mass is 264 g/mol. The average Bonchev–Trinajstić information content (AvgIpc) is 2.32. The number of benzene rings is 2. The van der Waals surface area contributed by atoms with Crippen molar-refractivity contribution in [3.63, 3.8) is 0 Å². The Hall–Kier alpha value is -1.58. The van der Waals surface area contributed by atoms with Crippen LogP contribution in [0.2, 0.25) is 0 Å². The van der Waals surface area contributed by atoms with Crippen LogP contribution in [-0.2, 0) is 11.2 Å². The van der Waals surface area contributed by atoms with Crippen molar-refractivity contribution in [3.8, 4) is 0 Å². The number of rotatable bonds is 3. The smallest absolute Gasteiger partial charge is 0.221 e. The fraction of sp³-hybridized carbons (Fsp3) is 0.214. The first-order valence-corrected chi connectivity index (χ1v) is 5.70. The molecule has 0 atom stereocenters. The topological polar surface area (TPSA) is 55.1 Å². The molecule has 0 radical (unpaired) electrons. The number of carbonyl (C=O) groups is 1. The van der Waals surface area contributed by atoms with Gasteiger partial charge in [-0.05, 0) is 23.9 Å². The zero-order valence-electron chi connectivity index (χ0n) is 10.3. The molecule has 4 heteroatoms. The summed E-state index contributed by atoms with van der Waals surface area (Å²) in [7, 11) is 0. The summed E-state index contributed by atoms with van der Waals surface area (Å²) in [6.45, 7) is 2.10. The molecule has 0 bridgehead atoms. The molecule has 2 aromatic carbocycles. The molecule has 0 saturated carbocycles. The summed E-state index contributed by atoms with van der Waals surface area (Å²) in [5.74, 6) is -0.0559. The van der Waals surface area contributed by atoms with Gasteiger partial charge in [-0.15, -0.1) is 12.4 Å². The predicted molar refractivity (Wildman–Crippen MR) is 78.3 cm³/mol. The normalized spacial score (nSPS) is 9.89. The summed E-state index contributed by atoms with van der Waals surface area (Å²) in [5.41, 5.74) is 7.57. The highest BCUT2D eigenvalue weighted by Crippen LogP contribution is 2.27. The van der Waals surface area contributed by atoms with E-state index in [0.29, 0.717) is 6.54 Å². The van der Waals surface area contributed by atoms with E-state index in [-0.39, 0.29) is 18.3 Å². The van der Waals surface area contributed by atoms with Crippen molar-refractivity contribution in [2.24, 2.45) is 5.73 Å². The molecule has 0 heterocycles. The van der Waals surface area contributed by atoms with Crippen molar-refractivity contribution in [3.05, 3.63) is 42.0 Å². The third-order valence-corrected chi connectivity index (χ3v) is 2.73. The van der Waals surface area contributed by atoms with Gasteiger partial charge in [0.05, 0.1) is 5.69 Å². The lowest BCUT2D eigenvalue weighted by molar-refractivity contribution is -0.114. The summed E-state index contributed by atoms with van der Waals surface area (Å²) >= 11 is 0. The van der Waals surface area contributed by atoms with Gasteiger partial charge in [0.25, 0.3) is 0 Å². The van der Waals surface area contributed by atoms with Crippen LogP contribution in [0.15, 0.2) is 36.4 Å². The molecule has 0 saturated heterocycles. The molecule has 0 aromatic heterocycles. The van der Waals surface area contributed by atoms with Crippen LogP contribution < -0.4 is 11.1 Å². The number of nitrogens with one attached hydrogen (secondary N) is 1. The lowest BCUT2D eigenvalue weighted by atomic mass is 10.0. The second-order valence-corrected chi connectivity index (χ2v) is 4.04. The molecule has 96 valence electrons. The Labute approximate surface area is 113 Å². The van der Waals surface area contributed by atoms with Crippen LogP contribution >= 0.6 is 12.4 Å². The van der Waals surface area contributed by atoms with E-state index in [2.05, 4.69) is 11.4 Å². The number of hydrogen-bond donors (Lipinski definition) is 2. The van der Waals surface area contributed by atoms with Crippen LogP contribution in [0.5, 0.6) is 0 Å². The van der Waals surface area contributed by atoms with Gasteiger partial charge in [-0.25, -0.2) is 0 Å². The number of fused-ring (bicyclic) bond motifs is 1. The molecule has 1 amide bonds. The highest BCUT2D eigenvalue weighted by Gasteiger charge is 2.07. The number of nitrogens with two attached hydrogens (primary N) is 1. The molecule has 0 aliphatic heterocycles. The number of hydrogen-bond acceptors (Lipinski definition) is 2. The van der Waals surface area contributed by atoms with Gasteiger partial charge in [-0.1, -0.05) is 36.4 Å². The molecular formula is C14H17ClN2O. The van der Waals surface area contributed by atoms with Gasteiger partial charge >= 0.3 is 0 Å². The molecule has 0 unspecified atom stereocenters. The maximum absolute atomic E-state index is 11.3. The minimum absolute atomic E-state index is 0. The van der Waals surface area contributed by atoms with Crippen LogP contribution in [-0.4, -0.2) is 12.5 Å². The van der Waals surface area contributed by atoms with Crippen LogP contribution in [0.25, 0.3) is 10.8 Å². The number of amides is 1. The van der Waals surface area contributed by atoms with E-state index in [0.717, 1.165) is 28.4 Å². The van der Waals surface area contributed by atoms with Gasteiger partial charge in [0.2, 0.25) is 5.91 Å². The van der Waals surface area contributed by atoms with Gasteiger partial charge in [0.15, 0.2) is 0 Å². The van der Waals surface area contributed by atoms with Crippen molar-refractivity contribution < 1.29 is 4.79 Å². The van der Waals surface area contributed by atoms with Crippen molar-refractivity contribution in [1.29, 1.82) is 0 Å². The third kappa shape index (κ3) is 3.00. The number of anilines is 1. The molecule has 0 aliphatic rings. The average molecular weight is 265 g/mol. The van der Waals surface area contributed by atoms with Gasteiger partial charge in [0.1, 0.15) is 0 Å². The lowest BCUT2D eigenvalue weighted by Gasteiger charge is -2.12. The van der Waals surface area contributed by atoms with Gasteiger partial charge in [-0.2, -0.15) is 0 Å². The Bertz CT molecular complexity index is 554. The molecule has 3 nitrogen and oxygen atoms in total. The highest BCUT2D eigenvalue weighted by atomic mass is 35.5. The van der Waals surface area contributed by atoms with E-state index in [4.69, 9.17) is 5.73 Å². The zero-order valence-corrected chi connectivity index (χ0v) is 11.1. The Morgan fingerprint density at radius 3 is 2.61 bits per heavy atom. The number of halogens is 1. The summed E-state index contributed by atoms with van der Waals surface area (Å²) < 4.78 is 0. The van der Waals surface area contributed by atoms with E-state index in [1.165, 1.54) is 6.92 Å². The van der Waals surface area contributed by atoms with E-state index >= 15 is 0 Å². The molecule has 18 heavy (non-hydrogen) atoms. The first kappa shape index (κ1) is 14.5. The first-order valence-electron chi connectivity index (χ1n) is 5.70. The predicted octanol–water partition coefficient (Wildman–Crippen LogP) is 2.72.